The molecule has 1 heterocycles. The highest BCUT2D eigenvalue weighted by Crippen LogP contribution is 2.29. The molecule has 0 aliphatic heterocycles. The fourth-order valence-electron chi connectivity index (χ4n) is 2.66. The van der Waals surface area contributed by atoms with Crippen molar-refractivity contribution >= 4 is 17.7 Å². The molecule has 0 saturated heterocycles. The predicted octanol–water partition coefficient (Wildman–Crippen LogP) is 2.90. The summed E-state index contributed by atoms with van der Waals surface area (Å²) in [5.41, 5.74) is 4.69. The second-order valence-corrected chi connectivity index (χ2v) is 5.88. The van der Waals surface area contributed by atoms with Gasteiger partial charge in [-0.1, -0.05) is 6.92 Å². The quantitative estimate of drug-likeness (QED) is 0.809. The number of rotatable bonds is 5. The Morgan fingerprint density at radius 2 is 2.08 bits per heavy atom. The van der Waals surface area contributed by atoms with Gasteiger partial charge >= 0.3 is 6.09 Å². The molecular formula is C17H25N3O4. The number of nitrogens with zero attached hydrogens (tertiary/aromatic N) is 1. The normalized spacial score (nSPS) is 16.4. The molecule has 0 spiro atoms. The molecule has 0 radical (unpaired) electrons. The zero-order chi connectivity index (χ0) is 17.7. The Labute approximate surface area is 141 Å². The van der Waals surface area contributed by atoms with E-state index in [1.54, 1.807) is 6.92 Å². The van der Waals surface area contributed by atoms with Gasteiger partial charge in [-0.3, -0.25) is 4.79 Å². The summed E-state index contributed by atoms with van der Waals surface area (Å²) in [5.74, 6) is 0.859. The number of hydrazone groups is 1. The summed E-state index contributed by atoms with van der Waals surface area (Å²) in [4.78, 5) is 23.8. The van der Waals surface area contributed by atoms with Crippen LogP contribution in [0.4, 0.5) is 4.79 Å². The molecule has 0 saturated carbocycles. The largest absolute Gasteiger partial charge is 0.455 e. The summed E-state index contributed by atoms with van der Waals surface area (Å²) in [6, 6.07) is 0.0812. The van der Waals surface area contributed by atoms with Crippen molar-refractivity contribution in [3.8, 4) is 0 Å². The fraction of sp³-hybridized carbons (Fsp3) is 0.588. The van der Waals surface area contributed by atoms with Gasteiger partial charge in [0.25, 0.3) is 5.91 Å². The smallest absolute Gasteiger partial charge is 0.427 e. The first-order valence-corrected chi connectivity index (χ1v) is 8.40. The van der Waals surface area contributed by atoms with Crippen LogP contribution in [0.2, 0.25) is 0 Å². The van der Waals surface area contributed by atoms with Crippen molar-refractivity contribution < 1.29 is 18.7 Å². The summed E-state index contributed by atoms with van der Waals surface area (Å²) >= 11 is 0. The van der Waals surface area contributed by atoms with E-state index in [1.165, 1.54) is 0 Å². The maximum absolute atomic E-state index is 12.4. The Kier molecular flexibility index (Phi) is 6.00. The summed E-state index contributed by atoms with van der Waals surface area (Å²) in [6.45, 7) is 7.82. The topological polar surface area (TPSA) is 92.9 Å². The average molecular weight is 335 g/mol. The van der Waals surface area contributed by atoms with Crippen LogP contribution in [0, 0.1) is 6.92 Å². The molecule has 1 aliphatic carbocycles. The van der Waals surface area contributed by atoms with Crippen LogP contribution in [0.1, 0.15) is 67.5 Å². The van der Waals surface area contributed by atoms with Crippen molar-refractivity contribution in [3.63, 3.8) is 0 Å². The minimum atomic E-state index is -0.590. The van der Waals surface area contributed by atoms with Gasteiger partial charge in [-0.05, 0) is 40.0 Å². The molecule has 1 atom stereocenters. The van der Waals surface area contributed by atoms with E-state index in [2.05, 4.69) is 15.8 Å². The number of carbonyl (C=O) groups excluding carboxylic acids is 2. The van der Waals surface area contributed by atoms with Crippen molar-refractivity contribution in [1.29, 1.82) is 0 Å². The number of nitrogens with one attached hydrogen (secondary N) is 2. The summed E-state index contributed by atoms with van der Waals surface area (Å²) in [7, 11) is 0. The van der Waals surface area contributed by atoms with Gasteiger partial charge in [0, 0.05) is 23.6 Å². The third-order valence-corrected chi connectivity index (χ3v) is 4.08. The van der Waals surface area contributed by atoms with Crippen LogP contribution in [0.3, 0.4) is 0 Å². The van der Waals surface area contributed by atoms with Crippen LogP contribution in [0.5, 0.6) is 0 Å². The minimum Gasteiger partial charge on any atom is -0.455 e. The van der Waals surface area contributed by atoms with E-state index in [0.717, 1.165) is 36.1 Å². The molecule has 1 aliphatic rings. The van der Waals surface area contributed by atoms with Gasteiger partial charge in [0.1, 0.15) is 5.76 Å². The number of hydrogen-bond donors (Lipinski definition) is 2. The van der Waals surface area contributed by atoms with Crippen LogP contribution < -0.4 is 10.7 Å². The number of fused-ring (bicyclic) bond motifs is 1. The number of aryl methyl sites for hydroxylation is 1. The monoisotopic (exact) mass is 335 g/mol. The zero-order valence-corrected chi connectivity index (χ0v) is 14.7. The Hall–Kier alpha value is -2.31. The van der Waals surface area contributed by atoms with Crippen molar-refractivity contribution in [3.05, 3.63) is 22.6 Å². The predicted molar refractivity (Wildman–Crippen MR) is 90.3 cm³/mol. The highest BCUT2D eigenvalue weighted by Gasteiger charge is 2.28. The van der Waals surface area contributed by atoms with Gasteiger partial charge in [0.2, 0.25) is 0 Å². The van der Waals surface area contributed by atoms with E-state index in [0.29, 0.717) is 17.9 Å². The SMILES string of the molecule is CCOC(=O)N/N=C1\CCCc2oc(C(=O)NC(C)CC)c(C)c21. The molecule has 132 valence electrons. The Morgan fingerprint density at radius 3 is 2.75 bits per heavy atom. The first-order valence-electron chi connectivity index (χ1n) is 8.40. The van der Waals surface area contributed by atoms with E-state index in [1.807, 2.05) is 20.8 Å². The lowest BCUT2D eigenvalue weighted by Gasteiger charge is -2.13. The molecule has 2 amide bonds. The lowest BCUT2D eigenvalue weighted by molar-refractivity contribution is 0.0908. The number of furan rings is 1. The first-order chi connectivity index (χ1) is 11.5. The van der Waals surface area contributed by atoms with Gasteiger partial charge in [0.15, 0.2) is 5.76 Å². The van der Waals surface area contributed by atoms with E-state index in [4.69, 9.17) is 9.15 Å². The van der Waals surface area contributed by atoms with Crippen LogP contribution in [0.15, 0.2) is 9.52 Å². The molecule has 1 unspecified atom stereocenters. The third kappa shape index (κ3) is 3.96. The maximum Gasteiger partial charge on any atom is 0.427 e. The highest BCUT2D eigenvalue weighted by atomic mass is 16.5. The molecular weight excluding hydrogens is 310 g/mol. The first kappa shape index (κ1) is 18.0. The molecule has 2 rings (SSSR count). The fourth-order valence-corrected chi connectivity index (χ4v) is 2.66. The molecule has 2 N–H and O–H groups in total. The Morgan fingerprint density at radius 1 is 1.33 bits per heavy atom. The van der Waals surface area contributed by atoms with Crippen LogP contribution in [-0.2, 0) is 11.2 Å². The maximum atomic E-state index is 12.4. The van der Waals surface area contributed by atoms with Crippen LogP contribution in [-0.4, -0.2) is 30.4 Å². The summed E-state index contributed by atoms with van der Waals surface area (Å²) in [6.07, 6.45) is 2.59. The third-order valence-electron chi connectivity index (χ3n) is 4.08. The van der Waals surface area contributed by atoms with Gasteiger partial charge in [-0.15, -0.1) is 0 Å². The van der Waals surface area contributed by atoms with Crippen molar-refractivity contribution in [2.24, 2.45) is 5.10 Å². The van der Waals surface area contributed by atoms with E-state index in [9.17, 15) is 9.59 Å². The molecule has 0 fully saturated rings. The number of carbonyl (C=O) groups is 2. The van der Waals surface area contributed by atoms with E-state index in [-0.39, 0.29) is 18.6 Å². The zero-order valence-electron chi connectivity index (χ0n) is 14.7. The van der Waals surface area contributed by atoms with Crippen molar-refractivity contribution in [2.75, 3.05) is 6.61 Å². The molecule has 7 nitrogen and oxygen atoms in total. The Balaban J connectivity index is 2.25. The molecule has 7 heteroatoms. The van der Waals surface area contributed by atoms with E-state index >= 15 is 0 Å². The molecule has 0 bridgehead atoms. The lowest BCUT2D eigenvalue weighted by atomic mass is 9.93. The van der Waals surface area contributed by atoms with Crippen LogP contribution >= 0.6 is 0 Å². The van der Waals surface area contributed by atoms with Gasteiger partial charge < -0.3 is 14.5 Å². The molecule has 1 aromatic rings. The highest BCUT2D eigenvalue weighted by molar-refractivity contribution is 6.06. The molecule has 24 heavy (non-hydrogen) atoms. The Bertz CT molecular complexity index is 649. The lowest BCUT2D eigenvalue weighted by Crippen LogP contribution is -2.32. The molecule has 1 aromatic heterocycles. The summed E-state index contributed by atoms with van der Waals surface area (Å²) in [5, 5.41) is 7.07. The van der Waals surface area contributed by atoms with Crippen molar-refractivity contribution in [2.45, 2.75) is 59.4 Å². The second kappa shape index (κ2) is 7.99. The number of hydrogen-bond acceptors (Lipinski definition) is 5. The van der Waals surface area contributed by atoms with Gasteiger partial charge in [-0.25, -0.2) is 10.2 Å². The molecule has 0 aromatic carbocycles. The summed E-state index contributed by atoms with van der Waals surface area (Å²) < 4.78 is 10.6. The van der Waals surface area contributed by atoms with Crippen molar-refractivity contribution in [1.82, 2.24) is 10.7 Å². The van der Waals surface area contributed by atoms with E-state index < -0.39 is 6.09 Å². The standard InChI is InChI=1S/C17H25N3O4/c1-5-10(3)18-16(21)15-11(4)14-12(8-7-9-13(14)24-15)19-20-17(22)23-6-2/h10H,5-9H2,1-4H3,(H,18,21)(H,20,22)/b19-12+. The number of amides is 2. The minimum absolute atomic E-state index is 0.0812. The van der Waals surface area contributed by atoms with Gasteiger partial charge in [-0.2, -0.15) is 5.10 Å². The second-order valence-electron chi connectivity index (χ2n) is 5.88. The van der Waals surface area contributed by atoms with Crippen LogP contribution in [0.25, 0.3) is 0 Å². The number of ether oxygens (including phenoxy) is 1. The van der Waals surface area contributed by atoms with Gasteiger partial charge in [0.05, 0.1) is 12.3 Å². The average Bonchev–Trinajstić information content (AvgIpc) is 2.91.